The van der Waals surface area contributed by atoms with Crippen LogP contribution in [-0.2, 0) is 0 Å². The van der Waals surface area contributed by atoms with Gasteiger partial charge in [0.25, 0.3) is 0 Å². The highest BCUT2D eigenvalue weighted by atomic mass is 35.5. The first-order chi connectivity index (χ1) is 9.38. The monoisotopic (exact) mass is 313 g/mol. The van der Waals surface area contributed by atoms with E-state index in [1.54, 1.807) is 13.8 Å². The molecule has 1 aromatic heterocycles. The maximum absolute atomic E-state index is 13.1. The topological polar surface area (TPSA) is 68.0 Å². The van der Waals surface area contributed by atoms with Crippen LogP contribution in [0.25, 0.3) is 0 Å². The summed E-state index contributed by atoms with van der Waals surface area (Å²) in [6, 6.07) is 4.23. The molecule has 0 saturated carbocycles. The number of anilines is 3. The van der Waals surface area contributed by atoms with E-state index in [0.717, 1.165) is 0 Å². The normalized spacial score (nSPS) is 10.8. The lowest BCUT2D eigenvalue weighted by molar-refractivity contribution is 0.0944. The molecule has 3 N–H and O–H groups in total. The SMILES string of the molecule is CC(C)C(=O)c1sc(Nc2ccc(F)c(Cl)c2)nc1N. The second kappa shape index (κ2) is 5.76. The number of thiazole rings is 1. The molecule has 0 aliphatic rings. The molecule has 0 fully saturated rings. The van der Waals surface area contributed by atoms with E-state index in [4.69, 9.17) is 17.3 Å². The van der Waals surface area contributed by atoms with Crippen LogP contribution in [0.15, 0.2) is 18.2 Å². The molecule has 0 spiro atoms. The number of rotatable bonds is 4. The smallest absolute Gasteiger partial charge is 0.189 e. The summed E-state index contributed by atoms with van der Waals surface area (Å²) in [5.74, 6) is -0.494. The summed E-state index contributed by atoms with van der Waals surface area (Å²) in [5.41, 5.74) is 6.32. The summed E-state index contributed by atoms with van der Waals surface area (Å²) >= 11 is 6.86. The van der Waals surface area contributed by atoms with Gasteiger partial charge in [-0.3, -0.25) is 4.79 Å². The molecule has 4 nitrogen and oxygen atoms in total. The van der Waals surface area contributed by atoms with Crippen molar-refractivity contribution < 1.29 is 9.18 Å². The molecule has 0 aliphatic heterocycles. The Bertz CT molecular complexity index is 657. The summed E-state index contributed by atoms with van der Waals surface area (Å²) in [6.07, 6.45) is 0. The first kappa shape index (κ1) is 14.7. The Morgan fingerprint density at radius 1 is 1.50 bits per heavy atom. The zero-order valence-corrected chi connectivity index (χ0v) is 12.5. The number of hydrogen-bond donors (Lipinski definition) is 2. The van der Waals surface area contributed by atoms with Gasteiger partial charge in [0, 0.05) is 11.6 Å². The van der Waals surface area contributed by atoms with Crippen LogP contribution in [-0.4, -0.2) is 10.8 Å². The van der Waals surface area contributed by atoms with Crippen molar-refractivity contribution in [2.45, 2.75) is 13.8 Å². The van der Waals surface area contributed by atoms with Gasteiger partial charge in [0.2, 0.25) is 0 Å². The fraction of sp³-hybridized carbons (Fsp3) is 0.231. The fourth-order valence-electron chi connectivity index (χ4n) is 1.52. The molecule has 7 heteroatoms. The number of nitrogens with two attached hydrogens (primary N) is 1. The number of benzene rings is 1. The molecule has 1 aromatic carbocycles. The van der Waals surface area contributed by atoms with Crippen LogP contribution in [0.3, 0.4) is 0 Å². The Balaban J connectivity index is 2.24. The van der Waals surface area contributed by atoms with Gasteiger partial charge in [-0.1, -0.05) is 36.8 Å². The highest BCUT2D eigenvalue weighted by Crippen LogP contribution is 2.30. The minimum Gasteiger partial charge on any atom is -0.382 e. The largest absolute Gasteiger partial charge is 0.382 e. The standard InChI is InChI=1S/C13H13ClFN3OS/c1-6(2)10(19)11-12(16)18-13(20-11)17-7-3-4-9(15)8(14)5-7/h3-6H,16H2,1-2H3,(H,17,18). The molecule has 0 radical (unpaired) electrons. The zero-order valence-electron chi connectivity index (χ0n) is 10.9. The van der Waals surface area contributed by atoms with Crippen LogP contribution < -0.4 is 11.1 Å². The van der Waals surface area contributed by atoms with E-state index in [2.05, 4.69) is 10.3 Å². The maximum Gasteiger partial charge on any atom is 0.189 e. The van der Waals surface area contributed by atoms with Crippen molar-refractivity contribution in [3.63, 3.8) is 0 Å². The van der Waals surface area contributed by atoms with Crippen LogP contribution >= 0.6 is 22.9 Å². The van der Waals surface area contributed by atoms with E-state index in [0.29, 0.717) is 15.7 Å². The molecule has 0 bridgehead atoms. The first-order valence-corrected chi connectivity index (χ1v) is 7.10. The van der Waals surface area contributed by atoms with Crippen molar-refractivity contribution in [2.24, 2.45) is 5.92 Å². The molecule has 2 aromatic rings. The third-order valence-corrected chi connectivity index (χ3v) is 3.86. The second-order valence-electron chi connectivity index (χ2n) is 4.51. The van der Waals surface area contributed by atoms with Gasteiger partial charge in [0.15, 0.2) is 10.9 Å². The molecule has 0 unspecified atom stereocenters. The van der Waals surface area contributed by atoms with Crippen molar-refractivity contribution in [2.75, 3.05) is 11.1 Å². The number of carbonyl (C=O) groups excluding carboxylic acids is 1. The summed E-state index contributed by atoms with van der Waals surface area (Å²) in [4.78, 5) is 16.4. The van der Waals surface area contributed by atoms with Gasteiger partial charge in [0.1, 0.15) is 16.5 Å². The maximum atomic E-state index is 13.1. The number of Topliss-reactive ketones (excluding diaryl/α,β-unsaturated/α-hetero) is 1. The van der Waals surface area contributed by atoms with Crippen molar-refractivity contribution in [3.8, 4) is 0 Å². The lowest BCUT2D eigenvalue weighted by atomic mass is 10.1. The summed E-state index contributed by atoms with van der Waals surface area (Å²) in [5, 5.41) is 3.43. The van der Waals surface area contributed by atoms with Crippen molar-refractivity contribution in [1.29, 1.82) is 0 Å². The molecule has 0 atom stereocenters. The molecule has 2 rings (SSSR count). The van der Waals surface area contributed by atoms with E-state index in [-0.39, 0.29) is 22.5 Å². The lowest BCUT2D eigenvalue weighted by Gasteiger charge is -2.03. The van der Waals surface area contributed by atoms with Gasteiger partial charge in [-0.15, -0.1) is 0 Å². The molecule has 0 aliphatic carbocycles. The summed E-state index contributed by atoms with van der Waals surface area (Å²) in [7, 11) is 0. The Hall–Kier alpha value is -1.66. The zero-order chi connectivity index (χ0) is 14.9. The number of nitrogen functional groups attached to an aromatic ring is 1. The van der Waals surface area contributed by atoms with Gasteiger partial charge in [-0.05, 0) is 18.2 Å². The average molecular weight is 314 g/mol. The third kappa shape index (κ3) is 3.08. The van der Waals surface area contributed by atoms with Gasteiger partial charge < -0.3 is 11.1 Å². The molecular formula is C13H13ClFN3OS. The molecule has 1 heterocycles. The second-order valence-corrected chi connectivity index (χ2v) is 5.91. The van der Waals surface area contributed by atoms with E-state index < -0.39 is 5.82 Å². The minimum absolute atomic E-state index is 0.0120. The van der Waals surface area contributed by atoms with Crippen LogP contribution in [0.4, 0.5) is 21.0 Å². The van der Waals surface area contributed by atoms with Crippen LogP contribution in [0.2, 0.25) is 5.02 Å². The Morgan fingerprint density at radius 3 is 2.80 bits per heavy atom. The van der Waals surface area contributed by atoms with Crippen molar-refractivity contribution >= 4 is 45.4 Å². The fourth-order valence-corrected chi connectivity index (χ4v) is 2.69. The van der Waals surface area contributed by atoms with Crippen LogP contribution in [0.5, 0.6) is 0 Å². The number of carbonyl (C=O) groups is 1. The number of nitrogens with one attached hydrogen (secondary N) is 1. The Labute approximate surface area is 124 Å². The Morgan fingerprint density at radius 2 is 2.20 bits per heavy atom. The van der Waals surface area contributed by atoms with Crippen molar-refractivity contribution in [1.82, 2.24) is 4.98 Å². The quantitative estimate of drug-likeness (QED) is 0.834. The van der Waals surface area contributed by atoms with E-state index in [1.807, 2.05) is 0 Å². The minimum atomic E-state index is -0.494. The van der Waals surface area contributed by atoms with Gasteiger partial charge in [0.05, 0.1) is 5.02 Å². The van der Waals surface area contributed by atoms with Gasteiger partial charge in [-0.25, -0.2) is 9.37 Å². The van der Waals surface area contributed by atoms with Gasteiger partial charge >= 0.3 is 0 Å². The Kier molecular flexibility index (Phi) is 4.25. The number of halogens is 2. The number of aromatic nitrogens is 1. The molecule has 20 heavy (non-hydrogen) atoms. The van der Waals surface area contributed by atoms with Crippen molar-refractivity contribution in [3.05, 3.63) is 33.9 Å². The number of hydrogen-bond acceptors (Lipinski definition) is 5. The molecule has 0 amide bonds. The third-order valence-electron chi connectivity index (χ3n) is 2.57. The molecule has 106 valence electrons. The molecule has 0 saturated heterocycles. The highest BCUT2D eigenvalue weighted by Gasteiger charge is 2.19. The summed E-state index contributed by atoms with van der Waals surface area (Å²) in [6.45, 7) is 3.60. The molecular weight excluding hydrogens is 301 g/mol. The van der Waals surface area contributed by atoms with E-state index in [1.165, 1.54) is 29.5 Å². The van der Waals surface area contributed by atoms with E-state index >= 15 is 0 Å². The van der Waals surface area contributed by atoms with Gasteiger partial charge in [-0.2, -0.15) is 0 Å². The van der Waals surface area contributed by atoms with E-state index in [9.17, 15) is 9.18 Å². The number of ketones is 1. The highest BCUT2D eigenvalue weighted by molar-refractivity contribution is 7.18. The van der Waals surface area contributed by atoms with Crippen LogP contribution in [0.1, 0.15) is 23.5 Å². The predicted molar refractivity (Wildman–Crippen MR) is 80.4 cm³/mol. The average Bonchev–Trinajstić information content (AvgIpc) is 2.73. The summed E-state index contributed by atoms with van der Waals surface area (Å²) < 4.78 is 13.1. The number of nitrogens with zero attached hydrogens (tertiary/aromatic N) is 1. The lowest BCUT2D eigenvalue weighted by Crippen LogP contribution is -2.07. The van der Waals surface area contributed by atoms with Crippen LogP contribution in [0, 0.1) is 11.7 Å². The first-order valence-electron chi connectivity index (χ1n) is 5.91. The predicted octanol–water partition coefficient (Wildman–Crippen LogP) is 4.10.